The smallest absolute Gasteiger partial charge is 0.256 e. The normalized spacial score (nSPS) is 15.4. The molecule has 9 heteroatoms. The zero-order valence-corrected chi connectivity index (χ0v) is 16.2. The van der Waals surface area contributed by atoms with Crippen LogP contribution in [-0.4, -0.2) is 41.4 Å². The van der Waals surface area contributed by atoms with Gasteiger partial charge in [0, 0.05) is 11.5 Å². The molecule has 0 unspecified atom stereocenters. The summed E-state index contributed by atoms with van der Waals surface area (Å²) in [4.78, 5) is 17.9. The largest absolute Gasteiger partial charge is 0.488 e. The highest BCUT2D eigenvalue weighted by Gasteiger charge is 2.40. The average molecular weight is 406 g/mol. The predicted molar refractivity (Wildman–Crippen MR) is 100 cm³/mol. The fourth-order valence-electron chi connectivity index (χ4n) is 3.09. The summed E-state index contributed by atoms with van der Waals surface area (Å²) in [5.74, 6) is -0.491. The molecule has 1 fully saturated rings. The Kier molecular flexibility index (Phi) is 4.82. The highest BCUT2D eigenvalue weighted by atomic mass is 32.1. The van der Waals surface area contributed by atoms with E-state index in [1.165, 1.54) is 17.4 Å². The van der Waals surface area contributed by atoms with Crippen molar-refractivity contribution in [1.82, 2.24) is 10.3 Å². The summed E-state index contributed by atoms with van der Waals surface area (Å²) in [5, 5.41) is 12.6. The molecule has 0 radical (unpaired) electrons. The SMILES string of the molecule is Cc1ncsc1COc1cc(F)c2oc(C)c(C(=O)NC3(CO)COC3)c2c1. The number of benzene rings is 1. The van der Waals surface area contributed by atoms with Crippen LogP contribution < -0.4 is 10.1 Å². The Bertz CT molecular complexity index is 1040. The van der Waals surface area contributed by atoms with Gasteiger partial charge >= 0.3 is 0 Å². The number of halogens is 1. The van der Waals surface area contributed by atoms with Crippen LogP contribution in [0.25, 0.3) is 11.0 Å². The Morgan fingerprint density at radius 3 is 2.82 bits per heavy atom. The molecule has 28 heavy (non-hydrogen) atoms. The molecule has 2 N–H and O–H groups in total. The molecular weight excluding hydrogens is 387 g/mol. The molecule has 1 aliphatic heterocycles. The van der Waals surface area contributed by atoms with Gasteiger partial charge in [0.05, 0.1) is 41.5 Å². The maximum absolute atomic E-state index is 14.6. The van der Waals surface area contributed by atoms with E-state index in [1.54, 1.807) is 18.5 Å². The van der Waals surface area contributed by atoms with Gasteiger partial charge in [-0.15, -0.1) is 11.3 Å². The first-order valence-electron chi connectivity index (χ1n) is 8.68. The van der Waals surface area contributed by atoms with Gasteiger partial charge in [-0.3, -0.25) is 4.79 Å². The molecular formula is C19H19FN2O5S. The van der Waals surface area contributed by atoms with E-state index in [9.17, 15) is 14.3 Å². The van der Waals surface area contributed by atoms with Crippen LogP contribution in [0.2, 0.25) is 0 Å². The number of hydrogen-bond donors (Lipinski definition) is 2. The predicted octanol–water partition coefficient (Wildman–Crippen LogP) is 2.72. The summed E-state index contributed by atoms with van der Waals surface area (Å²) in [6.07, 6.45) is 0. The van der Waals surface area contributed by atoms with Gasteiger partial charge in [0.25, 0.3) is 5.91 Å². The summed E-state index contributed by atoms with van der Waals surface area (Å²) in [5.41, 5.74) is 1.98. The van der Waals surface area contributed by atoms with Crippen LogP contribution in [0.15, 0.2) is 22.1 Å². The van der Waals surface area contributed by atoms with Crippen LogP contribution in [0.4, 0.5) is 4.39 Å². The second kappa shape index (κ2) is 7.16. The summed E-state index contributed by atoms with van der Waals surface area (Å²) < 4.78 is 30.9. The van der Waals surface area contributed by atoms with Crippen molar-refractivity contribution < 1.29 is 28.2 Å². The van der Waals surface area contributed by atoms with Crippen LogP contribution in [0.5, 0.6) is 5.75 Å². The molecule has 0 spiro atoms. The monoisotopic (exact) mass is 406 g/mol. The lowest BCUT2D eigenvalue weighted by molar-refractivity contribution is -0.0919. The highest BCUT2D eigenvalue weighted by molar-refractivity contribution is 7.09. The third-order valence-corrected chi connectivity index (χ3v) is 5.68. The molecule has 0 aliphatic carbocycles. The Labute approximate surface area is 164 Å². The highest BCUT2D eigenvalue weighted by Crippen LogP contribution is 2.32. The maximum Gasteiger partial charge on any atom is 0.256 e. The minimum atomic E-state index is -0.816. The lowest BCUT2D eigenvalue weighted by atomic mass is 9.97. The van der Waals surface area contributed by atoms with E-state index in [0.717, 1.165) is 10.6 Å². The average Bonchev–Trinajstić information content (AvgIpc) is 3.19. The number of ether oxygens (including phenoxy) is 2. The topological polar surface area (TPSA) is 93.8 Å². The molecule has 4 rings (SSSR count). The lowest BCUT2D eigenvalue weighted by Crippen LogP contribution is -2.64. The number of hydrogen-bond acceptors (Lipinski definition) is 7. The van der Waals surface area contributed by atoms with Crippen LogP contribution >= 0.6 is 11.3 Å². The molecule has 3 aromatic rings. The Balaban J connectivity index is 1.65. The van der Waals surface area contributed by atoms with Crippen LogP contribution in [0, 0.1) is 19.7 Å². The van der Waals surface area contributed by atoms with Crippen molar-refractivity contribution >= 4 is 28.2 Å². The van der Waals surface area contributed by atoms with Crippen LogP contribution in [0.3, 0.4) is 0 Å². The van der Waals surface area contributed by atoms with Crippen molar-refractivity contribution in [3.63, 3.8) is 0 Å². The van der Waals surface area contributed by atoms with E-state index in [-0.39, 0.29) is 49.1 Å². The van der Waals surface area contributed by atoms with Gasteiger partial charge in [0.15, 0.2) is 11.4 Å². The fraction of sp³-hybridized carbons (Fsp3) is 0.368. The first kappa shape index (κ1) is 18.9. The number of aromatic nitrogens is 1. The van der Waals surface area contributed by atoms with Gasteiger partial charge in [0.1, 0.15) is 23.7 Å². The van der Waals surface area contributed by atoms with E-state index in [4.69, 9.17) is 13.9 Å². The fourth-order valence-corrected chi connectivity index (χ4v) is 3.77. The molecule has 148 valence electrons. The van der Waals surface area contributed by atoms with Gasteiger partial charge in [-0.2, -0.15) is 0 Å². The maximum atomic E-state index is 14.6. The number of rotatable bonds is 6. The second-order valence-electron chi connectivity index (χ2n) is 6.85. The van der Waals surface area contributed by atoms with Gasteiger partial charge in [0.2, 0.25) is 0 Å². The molecule has 2 aromatic heterocycles. The molecule has 0 bridgehead atoms. The number of nitrogens with zero attached hydrogens (tertiary/aromatic N) is 1. The van der Waals surface area contributed by atoms with E-state index in [0.29, 0.717) is 5.39 Å². The van der Waals surface area contributed by atoms with Crippen molar-refractivity contribution in [3.8, 4) is 5.75 Å². The van der Waals surface area contributed by atoms with Crippen molar-refractivity contribution in [3.05, 3.63) is 45.4 Å². The van der Waals surface area contributed by atoms with Crippen LogP contribution in [-0.2, 0) is 11.3 Å². The molecule has 3 heterocycles. The Morgan fingerprint density at radius 2 is 2.21 bits per heavy atom. The lowest BCUT2D eigenvalue weighted by Gasteiger charge is -2.40. The van der Waals surface area contributed by atoms with Crippen LogP contribution in [0.1, 0.15) is 26.7 Å². The number of aliphatic hydroxyl groups is 1. The van der Waals surface area contributed by atoms with Crippen molar-refractivity contribution in [1.29, 1.82) is 0 Å². The van der Waals surface area contributed by atoms with E-state index >= 15 is 0 Å². The standard InChI is InChI=1S/C19H19FN2O5S/c1-10-15(28-9-21-10)5-26-12-3-13-16(11(2)27-17(13)14(20)4-12)18(24)22-19(6-23)7-25-8-19/h3-4,9,23H,5-8H2,1-2H3,(H,22,24). The number of aliphatic hydroxyl groups excluding tert-OH is 1. The number of nitrogens with one attached hydrogen (secondary N) is 1. The van der Waals surface area contributed by atoms with E-state index < -0.39 is 17.3 Å². The minimum absolute atomic E-state index is 0.00752. The summed E-state index contributed by atoms with van der Waals surface area (Å²) in [6, 6.07) is 2.82. The number of carbonyl (C=O) groups excluding carboxylic acids is 1. The van der Waals surface area contributed by atoms with Gasteiger partial charge in [-0.1, -0.05) is 0 Å². The molecule has 7 nitrogen and oxygen atoms in total. The molecule has 1 aromatic carbocycles. The third kappa shape index (κ3) is 3.25. The number of aryl methyl sites for hydroxylation is 2. The molecule has 1 amide bonds. The number of amides is 1. The number of thiazole rings is 1. The first-order chi connectivity index (χ1) is 13.4. The van der Waals surface area contributed by atoms with E-state index in [2.05, 4.69) is 10.3 Å². The quantitative estimate of drug-likeness (QED) is 0.654. The summed E-state index contributed by atoms with van der Waals surface area (Å²) in [6.45, 7) is 3.93. The minimum Gasteiger partial charge on any atom is -0.488 e. The zero-order chi connectivity index (χ0) is 19.9. The Hall–Kier alpha value is -2.49. The third-order valence-electron chi connectivity index (χ3n) is 4.77. The van der Waals surface area contributed by atoms with Gasteiger partial charge in [-0.25, -0.2) is 9.37 Å². The van der Waals surface area contributed by atoms with Crippen molar-refractivity contribution in [2.24, 2.45) is 0 Å². The molecule has 1 saturated heterocycles. The second-order valence-corrected chi connectivity index (χ2v) is 7.79. The van der Waals surface area contributed by atoms with E-state index in [1.807, 2.05) is 6.92 Å². The van der Waals surface area contributed by atoms with Gasteiger partial charge in [-0.05, 0) is 19.9 Å². The zero-order valence-electron chi connectivity index (χ0n) is 15.4. The number of carbonyl (C=O) groups is 1. The summed E-state index contributed by atoms with van der Waals surface area (Å²) in [7, 11) is 0. The number of furan rings is 1. The van der Waals surface area contributed by atoms with Crippen molar-refractivity contribution in [2.45, 2.75) is 26.0 Å². The number of fused-ring (bicyclic) bond motifs is 1. The first-order valence-corrected chi connectivity index (χ1v) is 9.56. The van der Waals surface area contributed by atoms with Crippen molar-refractivity contribution in [2.75, 3.05) is 19.8 Å². The van der Waals surface area contributed by atoms with Gasteiger partial charge < -0.3 is 24.3 Å². The molecule has 0 saturated carbocycles. The molecule has 0 atom stereocenters. The Morgan fingerprint density at radius 1 is 1.43 bits per heavy atom. The molecule has 1 aliphatic rings. The summed E-state index contributed by atoms with van der Waals surface area (Å²) >= 11 is 1.46.